The monoisotopic (exact) mass is 415 g/mol. The molecule has 2 aromatic heterocycles. The molecular weight excluding hydrogens is 382 g/mol. The van der Waals surface area contributed by atoms with Gasteiger partial charge in [-0.15, -0.1) is 0 Å². The van der Waals surface area contributed by atoms with Crippen LogP contribution in [-0.4, -0.2) is 73.7 Å². The topological polar surface area (TPSA) is 84.6 Å². The van der Waals surface area contributed by atoms with Crippen LogP contribution < -0.4 is 5.32 Å². The van der Waals surface area contributed by atoms with Crippen LogP contribution in [0, 0.1) is 0 Å². The summed E-state index contributed by atoms with van der Waals surface area (Å²) in [4.78, 5) is 15.2. The predicted molar refractivity (Wildman–Crippen MR) is 113 cm³/mol. The summed E-state index contributed by atoms with van der Waals surface area (Å²) in [5, 5.41) is 18.5. The quantitative estimate of drug-likeness (QED) is 0.745. The van der Waals surface area contributed by atoms with Crippen LogP contribution >= 0.6 is 0 Å². The summed E-state index contributed by atoms with van der Waals surface area (Å²) < 4.78 is 9.92. The van der Waals surface area contributed by atoms with Crippen LogP contribution in [0.1, 0.15) is 43.1 Å². The van der Waals surface area contributed by atoms with E-state index in [4.69, 9.17) is 4.74 Å². The van der Waals surface area contributed by atoms with Crippen molar-refractivity contribution in [2.75, 3.05) is 26.2 Å². The highest BCUT2D eigenvalue weighted by atomic mass is 16.5. The van der Waals surface area contributed by atoms with Crippen molar-refractivity contribution in [1.82, 2.24) is 24.6 Å². The highest BCUT2D eigenvalue weighted by molar-refractivity contribution is 5.93. The number of aliphatic hydroxyl groups is 1. The molecule has 8 nitrogen and oxygen atoms in total. The van der Waals surface area contributed by atoms with E-state index >= 15 is 0 Å². The standard InChI is InChI=1S/C22H33N5O3/c1-21(24-19(28)18-6-10-23-25(18)2)9-17-30-22(20(21)29)7-15-27(16-8-22)14-5-13-26-11-3-4-12-26/h3-4,6,10-12,20,29H,5,7-9,13-17H2,1-2H3,(H,24,28)/t20-,21+/m0/s1. The molecule has 8 heteroatoms. The Balaban J connectivity index is 1.34. The summed E-state index contributed by atoms with van der Waals surface area (Å²) in [6.07, 6.45) is 8.27. The van der Waals surface area contributed by atoms with Crippen molar-refractivity contribution in [3.05, 3.63) is 42.5 Å². The first kappa shape index (κ1) is 21.1. The highest BCUT2D eigenvalue weighted by Crippen LogP contribution is 2.40. The zero-order valence-electron chi connectivity index (χ0n) is 18.0. The van der Waals surface area contributed by atoms with Crippen LogP contribution in [0.15, 0.2) is 36.8 Å². The van der Waals surface area contributed by atoms with Crippen molar-refractivity contribution >= 4 is 5.91 Å². The smallest absolute Gasteiger partial charge is 0.270 e. The van der Waals surface area contributed by atoms with Gasteiger partial charge in [0.15, 0.2) is 0 Å². The number of amides is 1. The van der Waals surface area contributed by atoms with E-state index in [1.54, 1.807) is 24.0 Å². The number of nitrogens with zero attached hydrogens (tertiary/aromatic N) is 4. The molecule has 2 aliphatic heterocycles. The zero-order chi connectivity index (χ0) is 21.2. The summed E-state index contributed by atoms with van der Waals surface area (Å²) in [6.45, 7) is 6.32. The van der Waals surface area contributed by atoms with Gasteiger partial charge in [0.2, 0.25) is 0 Å². The number of aromatic nitrogens is 3. The largest absolute Gasteiger partial charge is 0.388 e. The second kappa shape index (κ2) is 8.53. The first-order valence-electron chi connectivity index (χ1n) is 10.9. The van der Waals surface area contributed by atoms with Gasteiger partial charge in [-0.1, -0.05) is 0 Å². The Morgan fingerprint density at radius 2 is 2.00 bits per heavy atom. The number of carbonyl (C=O) groups is 1. The molecule has 30 heavy (non-hydrogen) atoms. The summed E-state index contributed by atoms with van der Waals surface area (Å²) in [7, 11) is 1.74. The minimum atomic E-state index is -0.752. The van der Waals surface area contributed by atoms with E-state index in [-0.39, 0.29) is 5.91 Å². The van der Waals surface area contributed by atoms with E-state index in [0.717, 1.165) is 45.4 Å². The fraction of sp³-hybridized carbons (Fsp3) is 0.636. The average Bonchev–Trinajstić information content (AvgIpc) is 3.39. The maximum atomic E-state index is 12.8. The molecule has 0 bridgehead atoms. The second-order valence-corrected chi connectivity index (χ2v) is 8.89. The van der Waals surface area contributed by atoms with Crippen molar-refractivity contribution in [2.24, 2.45) is 7.05 Å². The molecule has 2 N–H and O–H groups in total. The number of hydrogen-bond acceptors (Lipinski definition) is 5. The Labute approximate surface area is 177 Å². The molecule has 2 aromatic rings. The molecule has 2 aliphatic rings. The number of hydrogen-bond donors (Lipinski definition) is 2. The third kappa shape index (κ3) is 4.17. The second-order valence-electron chi connectivity index (χ2n) is 8.89. The Kier molecular flexibility index (Phi) is 5.99. The van der Waals surface area contributed by atoms with E-state index in [9.17, 15) is 9.90 Å². The first-order valence-corrected chi connectivity index (χ1v) is 10.9. The molecule has 4 heterocycles. The number of likely N-dealkylation sites (tertiary alicyclic amines) is 1. The number of aryl methyl sites for hydroxylation is 2. The van der Waals surface area contributed by atoms with Gasteiger partial charge in [-0.25, -0.2) is 0 Å². The fourth-order valence-electron chi connectivity index (χ4n) is 4.88. The minimum Gasteiger partial charge on any atom is -0.388 e. The molecule has 1 spiro atoms. The molecule has 0 radical (unpaired) electrons. The lowest BCUT2D eigenvalue weighted by molar-refractivity contribution is -0.205. The van der Waals surface area contributed by atoms with Gasteiger partial charge in [0.05, 0.1) is 11.1 Å². The van der Waals surface area contributed by atoms with Gasteiger partial charge < -0.3 is 24.6 Å². The van der Waals surface area contributed by atoms with Crippen LogP contribution in [-0.2, 0) is 18.3 Å². The number of ether oxygens (including phenoxy) is 1. The Hall–Kier alpha value is -2.16. The van der Waals surface area contributed by atoms with Gasteiger partial charge in [0.25, 0.3) is 5.91 Å². The summed E-state index contributed by atoms with van der Waals surface area (Å²) in [5.41, 5.74) is -0.832. The van der Waals surface area contributed by atoms with Gasteiger partial charge in [-0.05, 0) is 57.4 Å². The zero-order valence-corrected chi connectivity index (χ0v) is 18.0. The van der Waals surface area contributed by atoms with Crippen molar-refractivity contribution in [3.8, 4) is 0 Å². The minimum absolute atomic E-state index is 0.212. The molecule has 2 fully saturated rings. The fourth-order valence-corrected chi connectivity index (χ4v) is 4.88. The maximum absolute atomic E-state index is 12.8. The molecule has 4 rings (SSSR count). The Morgan fingerprint density at radius 3 is 2.67 bits per heavy atom. The summed E-state index contributed by atoms with van der Waals surface area (Å²) >= 11 is 0. The maximum Gasteiger partial charge on any atom is 0.270 e. The Morgan fingerprint density at radius 1 is 1.27 bits per heavy atom. The molecule has 164 valence electrons. The molecule has 2 atom stereocenters. The van der Waals surface area contributed by atoms with Gasteiger partial charge in [-0.3, -0.25) is 9.48 Å². The van der Waals surface area contributed by atoms with Crippen LogP contribution in [0.2, 0.25) is 0 Å². The molecule has 1 amide bonds. The SMILES string of the molecule is Cn1nccc1C(=O)N[C@]1(C)CCOC2(CCN(CCCn3cccc3)CC2)[C@H]1O. The van der Waals surface area contributed by atoms with Crippen molar-refractivity contribution < 1.29 is 14.6 Å². The van der Waals surface area contributed by atoms with E-state index in [1.807, 2.05) is 6.92 Å². The molecule has 0 saturated carbocycles. The van der Waals surface area contributed by atoms with E-state index < -0.39 is 17.2 Å². The number of piperidine rings is 1. The third-order valence-corrected chi connectivity index (χ3v) is 6.82. The highest BCUT2D eigenvalue weighted by Gasteiger charge is 2.53. The van der Waals surface area contributed by atoms with Gasteiger partial charge in [0.1, 0.15) is 11.8 Å². The van der Waals surface area contributed by atoms with Crippen molar-refractivity contribution in [1.29, 1.82) is 0 Å². The molecular formula is C22H33N5O3. The lowest BCUT2D eigenvalue weighted by Crippen LogP contribution is -2.69. The molecule has 0 aliphatic carbocycles. The lowest BCUT2D eigenvalue weighted by atomic mass is 9.73. The lowest BCUT2D eigenvalue weighted by Gasteiger charge is -2.53. The van der Waals surface area contributed by atoms with Crippen LogP contribution in [0.25, 0.3) is 0 Å². The number of rotatable bonds is 6. The van der Waals surface area contributed by atoms with Crippen molar-refractivity contribution in [3.63, 3.8) is 0 Å². The first-order chi connectivity index (χ1) is 14.4. The van der Waals surface area contributed by atoms with E-state index in [0.29, 0.717) is 18.7 Å². The van der Waals surface area contributed by atoms with Gasteiger partial charge in [-0.2, -0.15) is 5.10 Å². The van der Waals surface area contributed by atoms with E-state index in [2.05, 4.69) is 44.4 Å². The summed E-state index contributed by atoms with van der Waals surface area (Å²) in [5.74, 6) is -0.212. The van der Waals surface area contributed by atoms with Crippen LogP contribution in [0.5, 0.6) is 0 Å². The van der Waals surface area contributed by atoms with Gasteiger partial charge in [0, 0.05) is 51.9 Å². The van der Waals surface area contributed by atoms with Gasteiger partial charge >= 0.3 is 0 Å². The number of carbonyl (C=O) groups excluding carboxylic acids is 1. The van der Waals surface area contributed by atoms with Crippen LogP contribution in [0.4, 0.5) is 0 Å². The normalized spacial score (nSPS) is 26.7. The Bertz CT molecular complexity index is 841. The summed E-state index contributed by atoms with van der Waals surface area (Å²) in [6, 6.07) is 5.79. The van der Waals surface area contributed by atoms with Crippen LogP contribution in [0.3, 0.4) is 0 Å². The van der Waals surface area contributed by atoms with E-state index in [1.165, 1.54) is 0 Å². The predicted octanol–water partition coefficient (Wildman–Crippen LogP) is 1.42. The third-order valence-electron chi connectivity index (χ3n) is 6.82. The average molecular weight is 416 g/mol. The number of nitrogens with one attached hydrogen (secondary N) is 1. The molecule has 0 unspecified atom stereocenters. The van der Waals surface area contributed by atoms with Crippen molar-refractivity contribution in [2.45, 2.75) is 56.4 Å². The molecule has 0 aromatic carbocycles. The number of aliphatic hydroxyl groups excluding tert-OH is 1. The molecule has 2 saturated heterocycles.